The number of guanidine groups is 1. The summed E-state index contributed by atoms with van der Waals surface area (Å²) >= 11 is 0. The molecule has 0 spiro atoms. The van der Waals surface area contributed by atoms with Crippen molar-refractivity contribution < 1.29 is 4.74 Å². The molecule has 0 amide bonds. The fourth-order valence-electron chi connectivity index (χ4n) is 2.47. The van der Waals surface area contributed by atoms with E-state index in [-0.39, 0.29) is 24.0 Å². The molecule has 1 aromatic heterocycles. The summed E-state index contributed by atoms with van der Waals surface area (Å²) in [6, 6.07) is 8.19. The maximum atomic E-state index is 5.08. The van der Waals surface area contributed by atoms with Gasteiger partial charge in [-0.25, -0.2) is 9.67 Å². The molecule has 0 unspecified atom stereocenters. The Hall–Kier alpha value is -1.72. The van der Waals surface area contributed by atoms with Crippen molar-refractivity contribution in [2.75, 3.05) is 47.4 Å². The van der Waals surface area contributed by atoms with E-state index in [9.17, 15) is 0 Å². The van der Waals surface area contributed by atoms with Crippen LogP contribution in [0.25, 0.3) is 5.69 Å². The predicted molar refractivity (Wildman–Crippen MR) is 119 cm³/mol. The number of rotatable bonds is 10. The molecule has 27 heavy (non-hydrogen) atoms. The van der Waals surface area contributed by atoms with Gasteiger partial charge in [-0.3, -0.25) is 4.99 Å². The minimum absolute atomic E-state index is 0. The number of likely N-dealkylation sites (N-methyl/N-ethyl adjacent to an activating group) is 1. The van der Waals surface area contributed by atoms with Crippen LogP contribution in [0.3, 0.4) is 0 Å². The smallest absolute Gasteiger partial charge is 0.191 e. The van der Waals surface area contributed by atoms with Gasteiger partial charge < -0.3 is 20.3 Å². The molecule has 0 saturated heterocycles. The van der Waals surface area contributed by atoms with E-state index in [0.29, 0.717) is 6.54 Å². The van der Waals surface area contributed by atoms with E-state index < -0.39 is 0 Å². The molecule has 0 aliphatic heterocycles. The fraction of sp³-hybridized carbons (Fsp3) is 0.500. The van der Waals surface area contributed by atoms with Crippen LogP contribution in [0, 0.1) is 0 Å². The number of nitrogens with zero attached hydrogens (tertiary/aromatic N) is 5. The Morgan fingerprint density at radius 1 is 1.22 bits per heavy atom. The largest absolute Gasteiger partial charge is 0.385 e. The molecule has 0 aliphatic carbocycles. The van der Waals surface area contributed by atoms with Crippen molar-refractivity contribution >= 4 is 29.9 Å². The van der Waals surface area contributed by atoms with Crippen molar-refractivity contribution in [3.05, 3.63) is 42.5 Å². The van der Waals surface area contributed by atoms with E-state index in [4.69, 9.17) is 4.74 Å². The average molecular weight is 487 g/mol. The topological polar surface area (TPSA) is 79.6 Å². The van der Waals surface area contributed by atoms with Crippen LogP contribution in [0.1, 0.15) is 12.0 Å². The summed E-state index contributed by atoms with van der Waals surface area (Å²) in [5.41, 5.74) is 2.17. The lowest BCUT2D eigenvalue weighted by Gasteiger charge is -2.18. The normalized spacial score (nSPS) is 11.3. The van der Waals surface area contributed by atoms with E-state index in [1.807, 2.05) is 12.1 Å². The molecule has 0 aliphatic rings. The van der Waals surface area contributed by atoms with Crippen molar-refractivity contribution in [2.45, 2.75) is 13.0 Å². The lowest BCUT2D eigenvalue weighted by atomic mass is 10.2. The fourth-order valence-corrected chi connectivity index (χ4v) is 2.47. The Morgan fingerprint density at radius 2 is 2.00 bits per heavy atom. The molecule has 0 fully saturated rings. The Morgan fingerprint density at radius 3 is 2.63 bits per heavy atom. The van der Waals surface area contributed by atoms with Crippen LogP contribution >= 0.6 is 24.0 Å². The summed E-state index contributed by atoms with van der Waals surface area (Å²) in [6.45, 7) is 4.34. The van der Waals surface area contributed by atoms with Crippen molar-refractivity contribution in [3.63, 3.8) is 0 Å². The Bertz CT molecular complexity index is 646. The first-order valence-electron chi connectivity index (χ1n) is 8.79. The highest BCUT2D eigenvalue weighted by Gasteiger charge is 2.02. The maximum Gasteiger partial charge on any atom is 0.191 e. The molecule has 0 radical (unpaired) electrons. The van der Waals surface area contributed by atoms with Crippen LogP contribution in [0.15, 0.2) is 41.9 Å². The molecule has 2 N–H and O–H groups in total. The van der Waals surface area contributed by atoms with E-state index in [0.717, 1.165) is 44.3 Å². The molecule has 150 valence electrons. The van der Waals surface area contributed by atoms with Gasteiger partial charge in [0.25, 0.3) is 0 Å². The second kappa shape index (κ2) is 13.4. The third kappa shape index (κ3) is 8.67. The SMILES string of the molecule is CN=C(NCCN(C)CCCOC)NCc1ccc(-n2cncn2)cc1.I. The van der Waals surface area contributed by atoms with Gasteiger partial charge in [-0.05, 0) is 31.2 Å². The molecule has 1 aromatic carbocycles. The van der Waals surface area contributed by atoms with Gasteiger partial charge in [-0.15, -0.1) is 24.0 Å². The molecule has 2 aromatic rings. The van der Waals surface area contributed by atoms with Gasteiger partial charge in [0.15, 0.2) is 5.96 Å². The minimum atomic E-state index is 0. The second-order valence-electron chi connectivity index (χ2n) is 6.01. The lowest BCUT2D eigenvalue weighted by Crippen LogP contribution is -2.40. The van der Waals surface area contributed by atoms with E-state index in [1.165, 1.54) is 11.9 Å². The molecule has 1 heterocycles. The predicted octanol–water partition coefficient (Wildman–Crippen LogP) is 1.52. The molecular weight excluding hydrogens is 457 g/mol. The van der Waals surface area contributed by atoms with Gasteiger partial charge in [-0.2, -0.15) is 5.10 Å². The Labute approximate surface area is 178 Å². The van der Waals surface area contributed by atoms with Crippen LogP contribution in [0.5, 0.6) is 0 Å². The van der Waals surface area contributed by atoms with Crippen LogP contribution in [-0.2, 0) is 11.3 Å². The summed E-state index contributed by atoms with van der Waals surface area (Å²) in [5, 5.41) is 10.8. The van der Waals surface area contributed by atoms with Gasteiger partial charge in [0.1, 0.15) is 12.7 Å². The minimum Gasteiger partial charge on any atom is -0.385 e. The van der Waals surface area contributed by atoms with Crippen molar-refractivity contribution in [3.8, 4) is 5.69 Å². The Balaban J connectivity index is 0.00000364. The third-order valence-corrected chi connectivity index (χ3v) is 3.98. The van der Waals surface area contributed by atoms with E-state index in [2.05, 4.69) is 49.8 Å². The first-order chi connectivity index (χ1) is 12.7. The van der Waals surface area contributed by atoms with Gasteiger partial charge in [0.2, 0.25) is 0 Å². The monoisotopic (exact) mass is 487 g/mol. The highest BCUT2D eigenvalue weighted by molar-refractivity contribution is 14.0. The second-order valence-corrected chi connectivity index (χ2v) is 6.01. The summed E-state index contributed by atoms with van der Waals surface area (Å²) in [4.78, 5) is 10.5. The van der Waals surface area contributed by atoms with Crippen molar-refractivity contribution in [2.24, 2.45) is 4.99 Å². The number of benzene rings is 1. The quantitative estimate of drug-likeness (QED) is 0.229. The standard InChI is InChI=1S/C18H29N7O.HI/c1-19-18(21-9-11-24(2)10-4-12-26-3)22-13-16-5-7-17(8-6-16)25-15-20-14-23-25;/h5-8,14-15H,4,9-13H2,1-3H3,(H2,19,21,22);1H. The Kier molecular flexibility index (Phi) is 11.6. The zero-order valence-electron chi connectivity index (χ0n) is 16.3. The molecule has 9 heteroatoms. The molecule has 0 bridgehead atoms. The highest BCUT2D eigenvalue weighted by atomic mass is 127. The molecule has 0 saturated carbocycles. The number of nitrogens with one attached hydrogen (secondary N) is 2. The molecule has 2 rings (SSSR count). The molecule has 0 atom stereocenters. The maximum absolute atomic E-state index is 5.08. The van der Waals surface area contributed by atoms with Crippen LogP contribution in [0.4, 0.5) is 0 Å². The lowest BCUT2D eigenvalue weighted by molar-refractivity contribution is 0.180. The van der Waals surface area contributed by atoms with Gasteiger partial charge >= 0.3 is 0 Å². The first-order valence-corrected chi connectivity index (χ1v) is 8.79. The number of aliphatic imine (C=N–C) groups is 1. The summed E-state index contributed by atoms with van der Waals surface area (Å²) in [6.07, 6.45) is 4.26. The van der Waals surface area contributed by atoms with Crippen LogP contribution in [-0.4, -0.2) is 73.1 Å². The zero-order chi connectivity index (χ0) is 18.6. The van der Waals surface area contributed by atoms with Gasteiger partial charge in [0, 0.05) is 46.9 Å². The average Bonchev–Trinajstić information content (AvgIpc) is 3.20. The number of hydrogen-bond donors (Lipinski definition) is 2. The number of aromatic nitrogens is 3. The van der Waals surface area contributed by atoms with Gasteiger partial charge in [0.05, 0.1) is 5.69 Å². The van der Waals surface area contributed by atoms with Crippen LogP contribution in [0.2, 0.25) is 0 Å². The van der Waals surface area contributed by atoms with Crippen molar-refractivity contribution in [1.82, 2.24) is 30.3 Å². The molecular formula is C18H30IN7O. The number of hydrogen-bond acceptors (Lipinski definition) is 5. The van der Waals surface area contributed by atoms with Crippen molar-refractivity contribution in [1.29, 1.82) is 0 Å². The zero-order valence-corrected chi connectivity index (χ0v) is 18.6. The van der Waals surface area contributed by atoms with E-state index >= 15 is 0 Å². The summed E-state index contributed by atoms with van der Waals surface area (Å²) < 4.78 is 6.81. The number of methoxy groups -OCH3 is 1. The number of ether oxygens (including phenoxy) is 1. The molecule has 8 nitrogen and oxygen atoms in total. The van der Waals surface area contributed by atoms with Crippen LogP contribution < -0.4 is 10.6 Å². The number of halogens is 1. The summed E-state index contributed by atoms with van der Waals surface area (Å²) in [5.74, 6) is 0.802. The van der Waals surface area contributed by atoms with E-state index in [1.54, 1.807) is 25.2 Å². The first kappa shape index (κ1) is 23.3. The van der Waals surface area contributed by atoms with Gasteiger partial charge in [-0.1, -0.05) is 12.1 Å². The highest BCUT2D eigenvalue weighted by Crippen LogP contribution is 2.07. The summed E-state index contributed by atoms with van der Waals surface area (Å²) in [7, 11) is 5.63. The third-order valence-electron chi connectivity index (χ3n) is 3.98.